The Hall–Kier alpha value is -2.57. The number of allylic oxidation sites excluding steroid dienone is 2. The van der Waals surface area contributed by atoms with Gasteiger partial charge in [-0.1, -0.05) is 32.0 Å². The number of benzene rings is 1. The number of ether oxygens (including phenoxy) is 2. The molecule has 1 aliphatic heterocycles. The van der Waals surface area contributed by atoms with Gasteiger partial charge in [0.1, 0.15) is 11.5 Å². The number of carbonyl (C=O) groups is 1. The van der Waals surface area contributed by atoms with E-state index in [1.54, 1.807) is 14.2 Å². The first-order chi connectivity index (χ1) is 15.9. The van der Waals surface area contributed by atoms with Crippen molar-refractivity contribution in [3.63, 3.8) is 0 Å². The molecule has 0 radical (unpaired) electrons. The highest BCUT2D eigenvalue weighted by Gasteiger charge is 2.57. The summed E-state index contributed by atoms with van der Waals surface area (Å²) in [5.74, 6) is 1.39. The quantitative estimate of drug-likeness (QED) is 0.691. The summed E-state index contributed by atoms with van der Waals surface area (Å²) in [6.45, 7) is 6.55. The lowest BCUT2D eigenvalue weighted by Gasteiger charge is -2.33. The molecular weight excluding hydrogens is 414 g/mol. The number of fused-ring (bicyclic) bond motifs is 2. The maximum atomic E-state index is 13.7. The lowest BCUT2D eigenvalue weighted by molar-refractivity contribution is 0.0693. The second-order valence-corrected chi connectivity index (χ2v) is 9.95. The number of rotatable bonds is 7. The molecule has 33 heavy (non-hydrogen) atoms. The molecule has 2 aliphatic carbocycles. The third-order valence-corrected chi connectivity index (χ3v) is 7.39. The molecule has 1 saturated carbocycles. The van der Waals surface area contributed by atoms with E-state index in [0.29, 0.717) is 24.5 Å². The van der Waals surface area contributed by atoms with Gasteiger partial charge in [-0.3, -0.25) is 4.79 Å². The highest BCUT2D eigenvalue weighted by atomic mass is 16.5. The van der Waals surface area contributed by atoms with Crippen molar-refractivity contribution in [3.05, 3.63) is 59.5 Å². The van der Waals surface area contributed by atoms with Crippen LogP contribution in [-0.2, 0) is 16.0 Å². The fourth-order valence-electron chi connectivity index (χ4n) is 5.60. The number of amides is 1. The third-order valence-electron chi connectivity index (χ3n) is 7.39. The summed E-state index contributed by atoms with van der Waals surface area (Å²) in [4.78, 5) is 15.7. The van der Waals surface area contributed by atoms with Gasteiger partial charge in [0, 0.05) is 49.7 Å². The van der Waals surface area contributed by atoms with Gasteiger partial charge in [0.05, 0.1) is 18.6 Å². The summed E-state index contributed by atoms with van der Waals surface area (Å²) in [5.41, 5.74) is 2.70. The van der Waals surface area contributed by atoms with Gasteiger partial charge >= 0.3 is 0 Å². The number of nitrogens with one attached hydrogen (secondary N) is 1. The lowest BCUT2D eigenvalue weighted by atomic mass is 10.0. The third kappa shape index (κ3) is 4.11. The van der Waals surface area contributed by atoms with Crippen LogP contribution < -0.4 is 5.32 Å². The molecule has 1 amide bonds. The van der Waals surface area contributed by atoms with Crippen LogP contribution in [0, 0.1) is 5.92 Å². The number of likely N-dealkylation sites (tertiary alicyclic amines) is 1. The number of piperidine rings is 1. The Labute approximate surface area is 196 Å². The van der Waals surface area contributed by atoms with Gasteiger partial charge in [-0.2, -0.15) is 0 Å². The summed E-state index contributed by atoms with van der Waals surface area (Å²) < 4.78 is 13.7. The summed E-state index contributed by atoms with van der Waals surface area (Å²) in [6, 6.07) is 11.3. The van der Waals surface area contributed by atoms with Gasteiger partial charge in [-0.05, 0) is 49.1 Å². The summed E-state index contributed by atoms with van der Waals surface area (Å²) >= 11 is 0. The molecule has 1 aromatic carbocycles. The largest absolute Gasteiger partial charge is 0.501 e. The molecule has 176 valence electrons. The van der Waals surface area contributed by atoms with E-state index in [0.717, 1.165) is 60.3 Å². The Morgan fingerprint density at radius 2 is 1.97 bits per heavy atom. The highest BCUT2D eigenvalue weighted by molar-refractivity contribution is 5.99. The van der Waals surface area contributed by atoms with Crippen LogP contribution >= 0.6 is 0 Å². The molecule has 2 unspecified atom stereocenters. The van der Waals surface area contributed by atoms with Crippen LogP contribution in [0.3, 0.4) is 0 Å². The molecule has 1 aromatic heterocycles. The van der Waals surface area contributed by atoms with Gasteiger partial charge < -0.3 is 24.3 Å². The molecule has 0 spiro atoms. The molecule has 6 heteroatoms. The molecular formula is C27H35N3O3. The number of carbonyl (C=O) groups excluding carboxylic acids is 1. The van der Waals surface area contributed by atoms with E-state index in [1.807, 2.05) is 23.1 Å². The molecule has 2 fully saturated rings. The number of para-hydroxylation sites is 1. The second-order valence-electron chi connectivity index (χ2n) is 9.95. The molecule has 6 nitrogen and oxygen atoms in total. The minimum atomic E-state index is -0.256. The zero-order chi connectivity index (χ0) is 23.2. The van der Waals surface area contributed by atoms with Crippen molar-refractivity contribution in [2.75, 3.05) is 27.3 Å². The van der Waals surface area contributed by atoms with E-state index in [1.165, 1.54) is 0 Å². The number of aromatic nitrogens is 1. The first kappa shape index (κ1) is 22.2. The molecule has 2 heterocycles. The fourth-order valence-corrected chi connectivity index (χ4v) is 5.60. The summed E-state index contributed by atoms with van der Waals surface area (Å²) in [5, 5.41) is 4.71. The Morgan fingerprint density at radius 3 is 2.67 bits per heavy atom. The Kier molecular flexibility index (Phi) is 5.83. The monoisotopic (exact) mass is 449 g/mol. The van der Waals surface area contributed by atoms with Crippen molar-refractivity contribution in [3.8, 4) is 0 Å². The standard InChI is InChI=1S/C27H35N3O3/c1-18(2)28-21-9-11-29(12-10-21)26(31)24-14-20-7-5-6-8-23(20)30(24)17-19-13-25(32-3)22-16-27(22,15-19)33-4/h5-8,13-15,18,21-22,28H,9-12,16-17H2,1-4H3. The first-order valence-corrected chi connectivity index (χ1v) is 12.1. The van der Waals surface area contributed by atoms with Crippen LogP contribution in [0.4, 0.5) is 0 Å². The van der Waals surface area contributed by atoms with Gasteiger partial charge in [0.15, 0.2) is 0 Å². The molecule has 3 aliphatic rings. The van der Waals surface area contributed by atoms with E-state index in [2.05, 4.69) is 48.0 Å². The van der Waals surface area contributed by atoms with E-state index in [-0.39, 0.29) is 11.5 Å². The van der Waals surface area contributed by atoms with Crippen LogP contribution in [0.25, 0.3) is 10.9 Å². The van der Waals surface area contributed by atoms with E-state index < -0.39 is 0 Å². The minimum Gasteiger partial charge on any atom is -0.501 e. The fraction of sp³-hybridized carbons (Fsp3) is 0.519. The zero-order valence-electron chi connectivity index (χ0n) is 20.1. The van der Waals surface area contributed by atoms with E-state index >= 15 is 0 Å². The van der Waals surface area contributed by atoms with Gasteiger partial charge in [0.25, 0.3) is 5.91 Å². The number of hydrogen-bond donors (Lipinski definition) is 1. The van der Waals surface area contributed by atoms with Crippen LogP contribution in [0.2, 0.25) is 0 Å². The molecule has 1 saturated heterocycles. The van der Waals surface area contributed by atoms with Crippen molar-refractivity contribution in [2.45, 2.75) is 57.3 Å². The maximum Gasteiger partial charge on any atom is 0.270 e. The maximum absolute atomic E-state index is 13.7. The van der Waals surface area contributed by atoms with Crippen LogP contribution in [-0.4, -0.2) is 60.4 Å². The van der Waals surface area contributed by atoms with E-state index in [9.17, 15) is 4.79 Å². The average Bonchev–Trinajstić information content (AvgIpc) is 3.45. The van der Waals surface area contributed by atoms with Gasteiger partial charge in [-0.25, -0.2) is 0 Å². The Bertz CT molecular complexity index is 1110. The SMILES string of the molecule is COC1=CC(Cn2c(C(=O)N3CCC(NC(C)C)CC3)cc3ccccc32)=CC2(OC)CC12. The van der Waals surface area contributed by atoms with Crippen molar-refractivity contribution < 1.29 is 14.3 Å². The van der Waals surface area contributed by atoms with Gasteiger partial charge in [0.2, 0.25) is 0 Å². The van der Waals surface area contributed by atoms with Crippen LogP contribution in [0.1, 0.15) is 43.6 Å². The summed E-state index contributed by atoms with van der Waals surface area (Å²) in [6.07, 6.45) is 7.29. The predicted octanol–water partition coefficient (Wildman–Crippen LogP) is 4.12. The highest BCUT2D eigenvalue weighted by Crippen LogP contribution is 2.55. The Morgan fingerprint density at radius 1 is 1.21 bits per heavy atom. The van der Waals surface area contributed by atoms with Crippen molar-refractivity contribution in [2.24, 2.45) is 5.92 Å². The Balaban J connectivity index is 1.43. The summed E-state index contributed by atoms with van der Waals surface area (Å²) in [7, 11) is 3.50. The zero-order valence-corrected chi connectivity index (χ0v) is 20.1. The topological polar surface area (TPSA) is 55.7 Å². The number of hydrogen-bond acceptors (Lipinski definition) is 4. The molecule has 2 aromatic rings. The number of nitrogens with zero attached hydrogens (tertiary/aromatic N) is 2. The molecule has 5 rings (SSSR count). The molecule has 2 atom stereocenters. The normalized spacial score (nSPS) is 25.1. The van der Waals surface area contributed by atoms with Crippen LogP contribution in [0.5, 0.6) is 0 Å². The van der Waals surface area contributed by atoms with E-state index in [4.69, 9.17) is 9.47 Å². The average molecular weight is 450 g/mol. The van der Waals surface area contributed by atoms with Crippen molar-refractivity contribution in [1.29, 1.82) is 0 Å². The molecule has 1 N–H and O–H groups in total. The van der Waals surface area contributed by atoms with Crippen molar-refractivity contribution in [1.82, 2.24) is 14.8 Å². The molecule has 0 bridgehead atoms. The lowest BCUT2D eigenvalue weighted by Crippen LogP contribution is -2.47. The smallest absolute Gasteiger partial charge is 0.270 e. The minimum absolute atomic E-state index is 0.118. The second kappa shape index (κ2) is 8.65. The van der Waals surface area contributed by atoms with Crippen LogP contribution in [0.15, 0.2) is 53.8 Å². The number of methoxy groups -OCH3 is 2. The van der Waals surface area contributed by atoms with Crippen molar-refractivity contribution >= 4 is 16.8 Å². The van der Waals surface area contributed by atoms with Gasteiger partial charge in [-0.15, -0.1) is 0 Å². The predicted molar refractivity (Wildman–Crippen MR) is 130 cm³/mol. The first-order valence-electron chi connectivity index (χ1n) is 12.1.